The van der Waals surface area contributed by atoms with Crippen molar-refractivity contribution in [3.05, 3.63) is 40.8 Å². The molecule has 1 heterocycles. The minimum absolute atomic E-state index is 0.237. The first kappa shape index (κ1) is 15.9. The number of carbonyl (C=O) groups excluding carboxylic acids is 1. The summed E-state index contributed by atoms with van der Waals surface area (Å²) in [5.74, 6) is -0.237. The van der Waals surface area contributed by atoms with Crippen LogP contribution in [0.25, 0.3) is 0 Å². The Morgan fingerprint density at radius 1 is 1.33 bits per heavy atom. The molecule has 0 aliphatic heterocycles. The zero-order valence-electron chi connectivity index (χ0n) is 11.0. The van der Waals surface area contributed by atoms with Crippen LogP contribution in [0.5, 0.6) is 0 Å². The molecule has 0 aliphatic carbocycles. The fourth-order valence-electron chi connectivity index (χ4n) is 1.52. The molecule has 2 aromatic rings. The first-order valence-corrected chi connectivity index (χ1v) is 7.59. The average molecular weight is 343 g/mol. The van der Waals surface area contributed by atoms with Crippen LogP contribution in [0.2, 0.25) is 10.0 Å². The average Bonchev–Trinajstić information content (AvgIpc) is 2.43. The molecule has 21 heavy (non-hydrogen) atoms. The van der Waals surface area contributed by atoms with Crippen molar-refractivity contribution < 1.29 is 4.79 Å². The predicted molar refractivity (Wildman–Crippen MR) is 86.9 cm³/mol. The number of nitrogen functional groups attached to an aromatic ring is 1. The van der Waals surface area contributed by atoms with E-state index in [1.165, 1.54) is 23.9 Å². The molecule has 0 aliphatic rings. The van der Waals surface area contributed by atoms with E-state index in [0.717, 1.165) is 0 Å². The maximum atomic E-state index is 12.2. The van der Waals surface area contributed by atoms with Gasteiger partial charge in [-0.1, -0.05) is 35.0 Å². The second-order valence-electron chi connectivity index (χ2n) is 4.15. The lowest BCUT2D eigenvalue weighted by Crippen LogP contribution is -2.23. The van der Waals surface area contributed by atoms with Gasteiger partial charge in [0.05, 0.1) is 27.2 Å². The number of thioether (sulfide) groups is 1. The molecule has 5 nitrogen and oxygen atoms in total. The molecule has 1 amide bonds. The Bertz CT molecular complexity index is 631. The van der Waals surface area contributed by atoms with Crippen molar-refractivity contribution in [1.29, 1.82) is 0 Å². The number of carbonyl (C=O) groups is 1. The zero-order valence-corrected chi connectivity index (χ0v) is 13.3. The number of nitrogens with two attached hydrogens (primary N) is 1. The maximum Gasteiger partial charge on any atom is 0.237 e. The molecule has 2 rings (SSSR count). The Labute approximate surface area is 136 Å². The van der Waals surface area contributed by atoms with E-state index in [-0.39, 0.29) is 11.2 Å². The number of nitrogens with one attached hydrogen (secondary N) is 1. The van der Waals surface area contributed by atoms with Crippen LogP contribution in [0.15, 0.2) is 35.7 Å². The van der Waals surface area contributed by atoms with Gasteiger partial charge in [-0.25, -0.2) is 4.98 Å². The molecule has 1 unspecified atom stereocenters. The molecule has 3 N–H and O–H groups in total. The second-order valence-corrected chi connectivity index (χ2v) is 6.33. The number of amides is 1. The standard InChI is InChI=1S/C13H12Cl2N4OS/c1-7(21-11-6-17-2-3-18-11)13(20)19-12-9(14)4-8(16)5-10(12)15/h2-7H,16H2,1H3,(H,19,20). The molecule has 0 bridgehead atoms. The van der Waals surface area contributed by atoms with E-state index in [4.69, 9.17) is 28.9 Å². The lowest BCUT2D eigenvalue weighted by atomic mass is 10.2. The van der Waals surface area contributed by atoms with Gasteiger partial charge in [-0.05, 0) is 19.1 Å². The van der Waals surface area contributed by atoms with Crippen LogP contribution in [0.4, 0.5) is 11.4 Å². The van der Waals surface area contributed by atoms with E-state index in [0.29, 0.717) is 26.4 Å². The molecular weight excluding hydrogens is 331 g/mol. The van der Waals surface area contributed by atoms with Crippen molar-refractivity contribution in [3.8, 4) is 0 Å². The molecule has 1 atom stereocenters. The van der Waals surface area contributed by atoms with E-state index in [2.05, 4.69) is 15.3 Å². The molecule has 8 heteroatoms. The molecule has 0 saturated heterocycles. The minimum atomic E-state index is -0.383. The molecule has 1 aromatic heterocycles. The third-order valence-corrected chi connectivity index (χ3v) is 4.13. The Hall–Kier alpha value is -1.50. The summed E-state index contributed by atoms with van der Waals surface area (Å²) < 4.78 is 0. The summed E-state index contributed by atoms with van der Waals surface area (Å²) in [7, 11) is 0. The summed E-state index contributed by atoms with van der Waals surface area (Å²) in [6, 6.07) is 3.06. The molecule has 0 spiro atoms. The van der Waals surface area contributed by atoms with Crippen LogP contribution >= 0.6 is 35.0 Å². The smallest absolute Gasteiger partial charge is 0.237 e. The van der Waals surface area contributed by atoms with Crippen LogP contribution in [0, 0.1) is 0 Å². The summed E-state index contributed by atoms with van der Waals surface area (Å²) in [5.41, 5.74) is 6.41. The molecule has 1 aromatic carbocycles. The summed E-state index contributed by atoms with van der Waals surface area (Å²) in [4.78, 5) is 20.2. The number of nitrogens with zero attached hydrogens (tertiary/aromatic N) is 2. The summed E-state index contributed by atoms with van der Waals surface area (Å²) in [6.45, 7) is 1.76. The molecule has 0 fully saturated rings. The van der Waals surface area contributed by atoms with E-state index >= 15 is 0 Å². The third-order valence-electron chi connectivity index (χ3n) is 2.52. The van der Waals surface area contributed by atoms with Crippen molar-refractivity contribution in [3.63, 3.8) is 0 Å². The van der Waals surface area contributed by atoms with Gasteiger partial charge in [0.15, 0.2) is 0 Å². The highest BCUT2D eigenvalue weighted by atomic mass is 35.5. The number of benzene rings is 1. The van der Waals surface area contributed by atoms with Crippen molar-refractivity contribution in [2.45, 2.75) is 17.2 Å². The van der Waals surface area contributed by atoms with Gasteiger partial charge >= 0.3 is 0 Å². The first-order valence-electron chi connectivity index (χ1n) is 5.95. The largest absolute Gasteiger partial charge is 0.399 e. The van der Waals surface area contributed by atoms with Gasteiger partial charge in [0.2, 0.25) is 5.91 Å². The van der Waals surface area contributed by atoms with Crippen LogP contribution in [0.3, 0.4) is 0 Å². The topological polar surface area (TPSA) is 80.9 Å². The Balaban J connectivity index is 2.08. The normalized spacial score (nSPS) is 12.0. The Kier molecular flexibility index (Phi) is 5.27. The summed E-state index contributed by atoms with van der Waals surface area (Å²) >= 11 is 13.4. The molecule has 0 saturated carbocycles. The molecular formula is C13H12Cl2N4OS. The second kappa shape index (κ2) is 6.98. The van der Waals surface area contributed by atoms with Gasteiger partial charge in [0.1, 0.15) is 5.03 Å². The van der Waals surface area contributed by atoms with Gasteiger partial charge in [-0.2, -0.15) is 0 Å². The van der Waals surface area contributed by atoms with Crippen LogP contribution in [-0.4, -0.2) is 21.1 Å². The van der Waals surface area contributed by atoms with Gasteiger partial charge in [-0.3, -0.25) is 9.78 Å². The Morgan fingerprint density at radius 2 is 2.00 bits per heavy atom. The van der Waals surface area contributed by atoms with Gasteiger partial charge in [0, 0.05) is 18.1 Å². The van der Waals surface area contributed by atoms with Crippen LogP contribution < -0.4 is 11.1 Å². The van der Waals surface area contributed by atoms with Crippen molar-refractivity contribution >= 4 is 52.2 Å². The van der Waals surface area contributed by atoms with E-state index < -0.39 is 0 Å². The maximum absolute atomic E-state index is 12.2. The summed E-state index contributed by atoms with van der Waals surface area (Å²) in [6.07, 6.45) is 4.74. The molecule has 110 valence electrons. The SMILES string of the molecule is CC(Sc1cnccn1)C(=O)Nc1c(Cl)cc(N)cc1Cl. The lowest BCUT2D eigenvalue weighted by Gasteiger charge is -2.14. The number of anilines is 2. The Morgan fingerprint density at radius 3 is 2.57 bits per heavy atom. The number of hydrogen-bond acceptors (Lipinski definition) is 5. The highest BCUT2D eigenvalue weighted by Gasteiger charge is 2.18. The quantitative estimate of drug-likeness (QED) is 0.656. The van der Waals surface area contributed by atoms with Crippen LogP contribution in [-0.2, 0) is 4.79 Å². The van der Waals surface area contributed by atoms with Gasteiger partial charge < -0.3 is 11.1 Å². The van der Waals surface area contributed by atoms with Crippen molar-refractivity contribution in [1.82, 2.24) is 9.97 Å². The van der Waals surface area contributed by atoms with Gasteiger partial charge in [-0.15, -0.1) is 0 Å². The van der Waals surface area contributed by atoms with Crippen molar-refractivity contribution in [2.75, 3.05) is 11.1 Å². The van der Waals surface area contributed by atoms with Crippen molar-refractivity contribution in [2.24, 2.45) is 0 Å². The van der Waals surface area contributed by atoms with Gasteiger partial charge in [0.25, 0.3) is 0 Å². The lowest BCUT2D eigenvalue weighted by molar-refractivity contribution is -0.115. The first-order chi connectivity index (χ1) is 9.97. The van der Waals surface area contributed by atoms with Crippen LogP contribution in [0.1, 0.15) is 6.92 Å². The number of halogens is 2. The number of rotatable bonds is 4. The monoisotopic (exact) mass is 342 g/mol. The summed E-state index contributed by atoms with van der Waals surface area (Å²) in [5, 5.41) is 3.57. The van der Waals surface area contributed by atoms with E-state index in [1.54, 1.807) is 25.5 Å². The number of hydrogen-bond donors (Lipinski definition) is 2. The third kappa shape index (κ3) is 4.23. The van der Waals surface area contributed by atoms with E-state index in [9.17, 15) is 4.79 Å². The molecule has 0 radical (unpaired) electrons. The fourth-order valence-corrected chi connectivity index (χ4v) is 2.89. The minimum Gasteiger partial charge on any atom is -0.399 e. The highest BCUT2D eigenvalue weighted by molar-refractivity contribution is 8.00. The van der Waals surface area contributed by atoms with E-state index in [1.807, 2.05) is 0 Å². The highest BCUT2D eigenvalue weighted by Crippen LogP contribution is 2.33. The zero-order chi connectivity index (χ0) is 15.4. The number of aromatic nitrogens is 2. The predicted octanol–water partition coefficient (Wildman–Crippen LogP) is 3.48. The fraction of sp³-hybridized carbons (Fsp3) is 0.154.